The third-order valence-electron chi connectivity index (χ3n) is 2.71. The van der Waals surface area contributed by atoms with E-state index in [9.17, 15) is 4.79 Å². The van der Waals surface area contributed by atoms with Crippen molar-refractivity contribution in [3.05, 3.63) is 16.1 Å². The Morgan fingerprint density at radius 1 is 1.50 bits per heavy atom. The summed E-state index contributed by atoms with van der Waals surface area (Å²) in [5, 5.41) is 3.86. The topological polar surface area (TPSA) is 68.0 Å². The molecule has 1 aromatic rings. The van der Waals surface area contributed by atoms with Gasteiger partial charge in [0.05, 0.1) is 12.1 Å². The summed E-state index contributed by atoms with van der Waals surface area (Å²) in [4.78, 5) is 17.4. The van der Waals surface area contributed by atoms with Crippen molar-refractivity contribution < 1.29 is 4.79 Å². The van der Waals surface area contributed by atoms with Crippen LogP contribution in [0.1, 0.15) is 50.0 Å². The number of nitrogens with two attached hydrogens (primary N) is 1. The van der Waals surface area contributed by atoms with E-state index in [-0.39, 0.29) is 11.9 Å². The molecule has 0 saturated heterocycles. The van der Waals surface area contributed by atoms with Gasteiger partial charge in [-0.05, 0) is 25.7 Å². The van der Waals surface area contributed by atoms with Crippen molar-refractivity contribution in [2.24, 2.45) is 11.7 Å². The van der Waals surface area contributed by atoms with Gasteiger partial charge in [0, 0.05) is 11.1 Å². The maximum absolute atomic E-state index is 11.9. The highest BCUT2D eigenvalue weighted by molar-refractivity contribution is 7.11. The predicted molar refractivity (Wildman–Crippen MR) is 75.5 cm³/mol. The first kappa shape index (κ1) is 15.1. The minimum atomic E-state index is -0.432. The molecule has 0 aliphatic rings. The van der Waals surface area contributed by atoms with Crippen molar-refractivity contribution in [2.45, 2.75) is 52.6 Å². The van der Waals surface area contributed by atoms with Crippen LogP contribution in [0, 0.1) is 5.92 Å². The minimum absolute atomic E-state index is 0.0685. The molecule has 2 atom stereocenters. The number of hydrogen-bond donors (Lipinski definition) is 2. The molecule has 0 fully saturated rings. The molecular formula is C13H23N3OS. The summed E-state index contributed by atoms with van der Waals surface area (Å²) in [7, 11) is 0. The number of rotatable bonds is 6. The van der Waals surface area contributed by atoms with Crippen molar-refractivity contribution in [1.29, 1.82) is 0 Å². The van der Waals surface area contributed by atoms with E-state index >= 15 is 0 Å². The summed E-state index contributed by atoms with van der Waals surface area (Å²) in [5.41, 5.74) is 5.85. The summed E-state index contributed by atoms with van der Waals surface area (Å²) in [6, 6.07) is -0.501. The minimum Gasteiger partial charge on any atom is -0.346 e. The molecule has 1 aromatic heterocycles. The molecule has 102 valence electrons. The van der Waals surface area contributed by atoms with Crippen LogP contribution in [0.3, 0.4) is 0 Å². The molecule has 0 bridgehead atoms. The molecule has 1 heterocycles. The van der Waals surface area contributed by atoms with E-state index in [1.807, 2.05) is 13.1 Å². The Kier molecular flexibility index (Phi) is 5.75. The van der Waals surface area contributed by atoms with Crippen molar-refractivity contribution in [3.8, 4) is 0 Å². The molecule has 0 spiro atoms. The Labute approximate surface area is 113 Å². The van der Waals surface area contributed by atoms with Gasteiger partial charge in [0.2, 0.25) is 5.91 Å². The van der Waals surface area contributed by atoms with Gasteiger partial charge in [-0.25, -0.2) is 4.98 Å². The summed E-state index contributed by atoms with van der Waals surface area (Å²) in [6.07, 6.45) is 3.55. The number of nitrogens with one attached hydrogen (secondary N) is 1. The standard InChI is InChI=1S/C13H23N3OS/c1-5-10-7-15-13(18-10)9(4)16-12(17)11(14)6-8(2)3/h7-9,11H,5-6,14H2,1-4H3,(H,16,17)/t9?,11-/m1/s1. The molecule has 0 aliphatic heterocycles. The maximum Gasteiger partial charge on any atom is 0.237 e. The van der Waals surface area contributed by atoms with Gasteiger partial charge >= 0.3 is 0 Å². The van der Waals surface area contributed by atoms with Crippen LogP contribution in [0.4, 0.5) is 0 Å². The van der Waals surface area contributed by atoms with Gasteiger partial charge in [0.1, 0.15) is 5.01 Å². The van der Waals surface area contributed by atoms with Gasteiger partial charge in [0.25, 0.3) is 0 Å². The molecule has 0 aromatic carbocycles. The first-order valence-electron chi connectivity index (χ1n) is 6.44. The molecule has 0 aliphatic carbocycles. The first-order valence-corrected chi connectivity index (χ1v) is 7.26. The van der Waals surface area contributed by atoms with E-state index in [2.05, 4.69) is 31.1 Å². The van der Waals surface area contributed by atoms with Crippen LogP contribution in [0.25, 0.3) is 0 Å². The summed E-state index contributed by atoms with van der Waals surface area (Å²) in [6.45, 7) is 8.16. The van der Waals surface area contributed by atoms with Crippen LogP contribution in [0.15, 0.2) is 6.20 Å². The highest BCUT2D eigenvalue weighted by Gasteiger charge is 2.19. The largest absolute Gasteiger partial charge is 0.346 e. The van der Waals surface area contributed by atoms with Gasteiger partial charge in [-0.2, -0.15) is 0 Å². The zero-order chi connectivity index (χ0) is 13.7. The molecular weight excluding hydrogens is 246 g/mol. The Morgan fingerprint density at radius 3 is 2.67 bits per heavy atom. The predicted octanol–water partition coefficient (Wildman–Crippen LogP) is 2.26. The molecule has 5 heteroatoms. The zero-order valence-corrected chi connectivity index (χ0v) is 12.4. The van der Waals surface area contributed by atoms with Crippen LogP contribution >= 0.6 is 11.3 Å². The van der Waals surface area contributed by atoms with Crippen molar-refractivity contribution >= 4 is 17.2 Å². The zero-order valence-electron chi connectivity index (χ0n) is 11.6. The second kappa shape index (κ2) is 6.85. The summed E-state index contributed by atoms with van der Waals surface area (Å²) in [5.74, 6) is 0.331. The second-order valence-electron chi connectivity index (χ2n) is 4.98. The molecule has 3 N–H and O–H groups in total. The Morgan fingerprint density at radius 2 is 2.17 bits per heavy atom. The fourth-order valence-corrected chi connectivity index (χ4v) is 2.54. The molecule has 1 unspecified atom stereocenters. The second-order valence-corrected chi connectivity index (χ2v) is 6.13. The lowest BCUT2D eigenvalue weighted by atomic mass is 10.0. The fourth-order valence-electron chi connectivity index (χ4n) is 1.68. The lowest BCUT2D eigenvalue weighted by Crippen LogP contribution is -2.42. The van der Waals surface area contributed by atoms with E-state index in [1.54, 1.807) is 11.3 Å². The highest BCUT2D eigenvalue weighted by atomic mass is 32.1. The molecule has 1 rings (SSSR count). The quantitative estimate of drug-likeness (QED) is 0.832. The van der Waals surface area contributed by atoms with E-state index < -0.39 is 6.04 Å². The van der Waals surface area contributed by atoms with Gasteiger partial charge in [-0.15, -0.1) is 11.3 Å². The molecule has 1 amide bonds. The van der Waals surface area contributed by atoms with Gasteiger partial charge in [-0.1, -0.05) is 20.8 Å². The number of hydrogen-bond acceptors (Lipinski definition) is 4. The third-order valence-corrected chi connectivity index (χ3v) is 4.04. The average molecular weight is 269 g/mol. The summed E-state index contributed by atoms with van der Waals surface area (Å²) >= 11 is 1.64. The average Bonchev–Trinajstić information content (AvgIpc) is 2.76. The van der Waals surface area contributed by atoms with Crippen LogP contribution in [0.2, 0.25) is 0 Å². The number of aromatic nitrogens is 1. The van der Waals surface area contributed by atoms with Crippen LogP contribution in [-0.4, -0.2) is 16.9 Å². The number of carbonyl (C=O) groups excluding carboxylic acids is 1. The van der Waals surface area contributed by atoms with Crippen molar-refractivity contribution in [2.75, 3.05) is 0 Å². The van der Waals surface area contributed by atoms with Crippen molar-refractivity contribution in [3.63, 3.8) is 0 Å². The van der Waals surface area contributed by atoms with E-state index in [0.29, 0.717) is 12.3 Å². The summed E-state index contributed by atoms with van der Waals surface area (Å²) < 4.78 is 0. The van der Waals surface area contributed by atoms with E-state index in [0.717, 1.165) is 11.4 Å². The SMILES string of the molecule is CCc1cnc(C(C)NC(=O)[C@H](N)CC(C)C)s1. The van der Waals surface area contributed by atoms with E-state index in [1.165, 1.54) is 4.88 Å². The molecule has 0 saturated carbocycles. The lowest BCUT2D eigenvalue weighted by Gasteiger charge is -2.17. The number of aryl methyl sites for hydroxylation is 1. The Hall–Kier alpha value is -0.940. The van der Waals surface area contributed by atoms with Gasteiger partial charge in [-0.3, -0.25) is 4.79 Å². The monoisotopic (exact) mass is 269 g/mol. The lowest BCUT2D eigenvalue weighted by molar-refractivity contribution is -0.123. The normalized spacial score (nSPS) is 14.6. The third kappa shape index (κ3) is 4.38. The molecule has 0 radical (unpaired) electrons. The van der Waals surface area contributed by atoms with Crippen LogP contribution in [0.5, 0.6) is 0 Å². The Balaban J connectivity index is 2.53. The fraction of sp³-hybridized carbons (Fsp3) is 0.692. The number of thiazole rings is 1. The number of amides is 1. The Bertz CT molecular complexity index is 389. The molecule has 4 nitrogen and oxygen atoms in total. The first-order chi connectivity index (χ1) is 8.43. The molecule has 18 heavy (non-hydrogen) atoms. The smallest absolute Gasteiger partial charge is 0.237 e. The van der Waals surface area contributed by atoms with Crippen molar-refractivity contribution in [1.82, 2.24) is 10.3 Å². The van der Waals surface area contributed by atoms with Gasteiger partial charge < -0.3 is 11.1 Å². The van der Waals surface area contributed by atoms with E-state index in [4.69, 9.17) is 5.73 Å². The van der Waals surface area contributed by atoms with Gasteiger partial charge in [0.15, 0.2) is 0 Å². The van der Waals surface area contributed by atoms with Crippen LogP contribution in [-0.2, 0) is 11.2 Å². The van der Waals surface area contributed by atoms with Crippen LogP contribution < -0.4 is 11.1 Å². The highest BCUT2D eigenvalue weighted by Crippen LogP contribution is 2.20. The number of carbonyl (C=O) groups is 1. The number of nitrogens with zero attached hydrogens (tertiary/aromatic N) is 1. The maximum atomic E-state index is 11.9.